The van der Waals surface area contributed by atoms with Crippen LogP contribution in [0.15, 0.2) is 206 Å². The number of para-hydroxylation sites is 5. The highest BCUT2D eigenvalue weighted by atomic mass is 15.2. The van der Waals surface area contributed by atoms with Gasteiger partial charge in [-0.15, -0.1) is 0 Å². The molecule has 0 N–H and O–H groups in total. The molecule has 2 unspecified atom stereocenters. The van der Waals surface area contributed by atoms with Gasteiger partial charge in [0.05, 0.1) is 39.1 Å². The Balaban J connectivity index is 1.07. The van der Waals surface area contributed by atoms with Crippen molar-refractivity contribution in [2.24, 2.45) is 0 Å². The zero-order valence-corrected chi connectivity index (χ0v) is 31.6. The van der Waals surface area contributed by atoms with Crippen LogP contribution in [0.2, 0.25) is 0 Å². The Hall–Kier alpha value is -7.56. The molecule has 0 saturated heterocycles. The number of benzene rings is 8. The van der Waals surface area contributed by atoms with E-state index in [1.165, 1.54) is 82.4 Å². The minimum Gasteiger partial charge on any atom is -0.333 e. The number of hydrogen-bond donors (Lipinski definition) is 0. The fraction of sp³-hybridized carbons (Fsp3) is 0.0370. The molecule has 3 aromatic heterocycles. The predicted molar refractivity (Wildman–Crippen MR) is 243 cm³/mol. The predicted octanol–water partition coefficient (Wildman–Crippen LogP) is 13.7. The van der Waals surface area contributed by atoms with Gasteiger partial charge in [0.1, 0.15) is 0 Å². The highest BCUT2D eigenvalue weighted by Crippen LogP contribution is 2.49. The Labute approximate surface area is 335 Å². The topological polar surface area (TPSA) is 18.0 Å². The van der Waals surface area contributed by atoms with E-state index < -0.39 is 0 Å². The lowest BCUT2D eigenvalue weighted by atomic mass is 9.91. The summed E-state index contributed by atoms with van der Waals surface area (Å²) < 4.78 is 7.32. The van der Waals surface area contributed by atoms with Gasteiger partial charge >= 0.3 is 0 Å². The quantitative estimate of drug-likeness (QED) is 0.176. The van der Waals surface area contributed by atoms with E-state index in [0.29, 0.717) is 5.92 Å². The number of allylic oxidation sites excluding steroid dienone is 2. The van der Waals surface area contributed by atoms with Gasteiger partial charge < -0.3 is 18.6 Å². The average molecular weight is 741 g/mol. The maximum Gasteiger partial charge on any atom is 0.0629 e. The zero-order valence-electron chi connectivity index (χ0n) is 31.6. The number of nitrogens with zero attached hydrogens (tertiary/aromatic N) is 4. The summed E-state index contributed by atoms with van der Waals surface area (Å²) in [5.74, 6) is 0.333. The van der Waals surface area contributed by atoms with Crippen molar-refractivity contribution in [3.63, 3.8) is 0 Å². The van der Waals surface area contributed by atoms with E-state index in [4.69, 9.17) is 0 Å². The summed E-state index contributed by atoms with van der Waals surface area (Å²) in [6.45, 7) is 0. The average Bonchev–Trinajstić information content (AvgIpc) is 4.01. The van der Waals surface area contributed by atoms with Crippen molar-refractivity contribution in [3.8, 4) is 17.1 Å². The lowest BCUT2D eigenvalue weighted by molar-refractivity contribution is 0.745. The maximum atomic E-state index is 2.54. The van der Waals surface area contributed by atoms with Crippen LogP contribution >= 0.6 is 0 Å². The van der Waals surface area contributed by atoms with E-state index in [-0.39, 0.29) is 6.04 Å². The van der Waals surface area contributed by atoms with Gasteiger partial charge in [0, 0.05) is 66.7 Å². The first-order valence-electron chi connectivity index (χ1n) is 20.2. The van der Waals surface area contributed by atoms with E-state index in [0.717, 1.165) is 17.1 Å². The molecule has 2 aliphatic rings. The molecule has 1 aliphatic heterocycles. The monoisotopic (exact) mass is 740 g/mol. The molecule has 0 fully saturated rings. The molecule has 0 bridgehead atoms. The summed E-state index contributed by atoms with van der Waals surface area (Å²) >= 11 is 0. The largest absolute Gasteiger partial charge is 0.333 e. The Kier molecular flexibility index (Phi) is 6.53. The lowest BCUT2D eigenvalue weighted by Gasteiger charge is -2.29. The maximum absolute atomic E-state index is 2.54. The minimum absolute atomic E-state index is 0.238. The van der Waals surface area contributed by atoms with E-state index >= 15 is 0 Å². The van der Waals surface area contributed by atoms with Crippen LogP contribution in [-0.4, -0.2) is 19.7 Å². The van der Waals surface area contributed by atoms with Gasteiger partial charge in [0.15, 0.2) is 0 Å². The molecule has 4 heterocycles. The summed E-state index contributed by atoms with van der Waals surface area (Å²) in [5, 5.41) is 7.48. The van der Waals surface area contributed by atoms with E-state index in [1.54, 1.807) is 0 Å². The number of aromatic nitrogens is 3. The van der Waals surface area contributed by atoms with E-state index in [9.17, 15) is 0 Å². The standard InChI is InChI=1S/C54H36N4/c1-2-14-35(15-3-1)55-52-30-27-36(56-47-21-9-4-16-39(47)40-17-5-10-22-48(40)56)32-45(52)46-33-37(28-31-53(46)55)58-51-25-13-8-20-43(51)44-29-26-38(34-54(44)58)57-49-23-11-6-18-41(49)42-19-7-12-24-50(42)57/h1-34,41,49H. The van der Waals surface area contributed by atoms with Crippen molar-refractivity contribution in [3.05, 3.63) is 212 Å². The number of anilines is 2. The normalized spacial score (nSPS) is 16.1. The van der Waals surface area contributed by atoms with Gasteiger partial charge in [-0.2, -0.15) is 0 Å². The fourth-order valence-corrected chi connectivity index (χ4v) is 10.3. The van der Waals surface area contributed by atoms with Crippen molar-refractivity contribution in [1.82, 2.24) is 13.7 Å². The molecule has 272 valence electrons. The first-order chi connectivity index (χ1) is 28.8. The molecule has 13 rings (SSSR count). The van der Waals surface area contributed by atoms with Gasteiger partial charge in [-0.3, -0.25) is 0 Å². The molecule has 2 atom stereocenters. The fourth-order valence-electron chi connectivity index (χ4n) is 10.3. The molecular weight excluding hydrogens is 705 g/mol. The molecule has 1 aliphatic carbocycles. The van der Waals surface area contributed by atoms with Crippen molar-refractivity contribution >= 4 is 76.8 Å². The minimum atomic E-state index is 0.238. The molecule has 4 nitrogen and oxygen atoms in total. The molecule has 8 aromatic carbocycles. The van der Waals surface area contributed by atoms with Gasteiger partial charge in [-0.05, 0) is 90.5 Å². The Bertz CT molecular complexity index is 3490. The number of rotatable bonds is 4. The highest BCUT2D eigenvalue weighted by Gasteiger charge is 2.37. The molecule has 11 aromatic rings. The third-order valence-corrected chi connectivity index (χ3v) is 12.7. The SMILES string of the molecule is C1=CC2c3ccccc3N(c3ccc4c5ccccc5n(-c5ccc6c(c5)c5cc(-n7c8ccccc8c8ccccc87)ccc5n6-c5ccccc5)c4c3)C2C=C1. The summed E-state index contributed by atoms with van der Waals surface area (Å²) in [6.07, 6.45) is 9.10. The zero-order chi connectivity index (χ0) is 37.9. The first-order valence-corrected chi connectivity index (χ1v) is 20.2. The smallest absolute Gasteiger partial charge is 0.0629 e. The summed E-state index contributed by atoms with van der Waals surface area (Å²) in [5.41, 5.74) is 14.5. The Morgan fingerprint density at radius 1 is 0.310 bits per heavy atom. The van der Waals surface area contributed by atoms with Crippen LogP contribution in [0.25, 0.3) is 82.5 Å². The summed E-state index contributed by atoms with van der Waals surface area (Å²) in [7, 11) is 0. The molecule has 0 saturated carbocycles. The van der Waals surface area contributed by atoms with Gasteiger partial charge in [-0.25, -0.2) is 0 Å². The van der Waals surface area contributed by atoms with Crippen LogP contribution in [0.3, 0.4) is 0 Å². The lowest BCUT2D eigenvalue weighted by Crippen LogP contribution is -2.28. The second-order valence-corrected chi connectivity index (χ2v) is 15.7. The van der Waals surface area contributed by atoms with Gasteiger partial charge in [0.2, 0.25) is 0 Å². The van der Waals surface area contributed by atoms with Crippen LogP contribution in [0.1, 0.15) is 11.5 Å². The van der Waals surface area contributed by atoms with Gasteiger partial charge in [-0.1, -0.05) is 121 Å². The molecule has 58 heavy (non-hydrogen) atoms. The second-order valence-electron chi connectivity index (χ2n) is 15.7. The van der Waals surface area contributed by atoms with Crippen LogP contribution in [0.4, 0.5) is 11.4 Å². The van der Waals surface area contributed by atoms with Crippen molar-refractivity contribution in [2.45, 2.75) is 12.0 Å². The summed E-state index contributed by atoms with van der Waals surface area (Å²) in [6, 6.07) is 67.4. The van der Waals surface area contributed by atoms with Crippen LogP contribution in [-0.2, 0) is 0 Å². The molecule has 0 amide bonds. The number of hydrogen-bond acceptors (Lipinski definition) is 1. The van der Waals surface area contributed by atoms with Crippen molar-refractivity contribution < 1.29 is 0 Å². The molecule has 0 spiro atoms. The van der Waals surface area contributed by atoms with Gasteiger partial charge in [0.25, 0.3) is 0 Å². The Morgan fingerprint density at radius 2 is 0.793 bits per heavy atom. The van der Waals surface area contributed by atoms with Crippen LogP contribution in [0, 0.1) is 0 Å². The van der Waals surface area contributed by atoms with Crippen molar-refractivity contribution in [1.29, 1.82) is 0 Å². The Morgan fingerprint density at radius 3 is 1.45 bits per heavy atom. The highest BCUT2D eigenvalue weighted by molar-refractivity contribution is 6.14. The number of fused-ring (bicyclic) bond motifs is 12. The third kappa shape index (κ3) is 4.34. The second kappa shape index (κ2) is 12.0. The van der Waals surface area contributed by atoms with Crippen molar-refractivity contribution in [2.75, 3.05) is 4.90 Å². The van der Waals surface area contributed by atoms with Crippen LogP contribution in [0.5, 0.6) is 0 Å². The van der Waals surface area contributed by atoms with E-state index in [1.807, 2.05) is 0 Å². The summed E-state index contributed by atoms with van der Waals surface area (Å²) in [4.78, 5) is 2.54. The third-order valence-electron chi connectivity index (χ3n) is 12.7. The molecule has 0 radical (unpaired) electrons. The molecular formula is C54H36N4. The van der Waals surface area contributed by atoms with Crippen LogP contribution < -0.4 is 4.90 Å². The van der Waals surface area contributed by atoms with E-state index in [2.05, 4.69) is 225 Å². The molecule has 4 heteroatoms. The first kappa shape index (κ1) is 31.6.